The number of nitrogens with zero attached hydrogens (tertiary/aromatic N) is 6. The third-order valence-electron chi connectivity index (χ3n) is 11.1. The molecule has 0 amide bonds. The molecule has 8 heteroatoms. The fourth-order valence-corrected chi connectivity index (χ4v) is 11.1. The zero-order valence-electron chi connectivity index (χ0n) is 28.5. The summed E-state index contributed by atoms with van der Waals surface area (Å²) >= 11 is 3.50. The lowest BCUT2D eigenvalue weighted by atomic mass is 9.84. The normalized spacial score (nSPS) is 12.4. The summed E-state index contributed by atoms with van der Waals surface area (Å²) in [4.78, 5) is 12.0. The maximum atomic E-state index is 4.99. The highest BCUT2D eigenvalue weighted by Gasteiger charge is 2.26. The molecule has 6 aromatic heterocycles. The molecule has 0 saturated heterocycles. The summed E-state index contributed by atoms with van der Waals surface area (Å²) in [6.07, 6.45) is 9.31. The van der Waals surface area contributed by atoms with Gasteiger partial charge in [0.25, 0.3) is 0 Å². The number of hydrogen-bond acceptors (Lipinski definition) is 4. The van der Waals surface area contributed by atoms with E-state index >= 15 is 0 Å². The molecule has 12 aromatic rings. The Bertz CT molecular complexity index is 3210. The number of rotatable bonds is 2. The molecule has 0 fully saturated rings. The lowest BCUT2D eigenvalue weighted by Gasteiger charge is -2.18. The number of hydrogen-bond donors (Lipinski definition) is 0. The number of fused-ring (bicyclic) bond motifs is 18. The van der Waals surface area contributed by atoms with Crippen molar-refractivity contribution in [2.24, 2.45) is 0 Å². The summed E-state index contributed by atoms with van der Waals surface area (Å²) in [5.41, 5.74) is 18.7. The van der Waals surface area contributed by atoms with E-state index in [4.69, 9.17) is 9.97 Å². The molecule has 252 valence electrons. The molecule has 0 spiro atoms. The van der Waals surface area contributed by atoms with E-state index in [0.29, 0.717) is 0 Å². The fraction of sp³-hybridized carbons (Fsp3) is 0. The minimum absolute atomic E-state index is 1.01. The quantitative estimate of drug-likeness (QED) is 0.178. The van der Waals surface area contributed by atoms with Crippen LogP contribution in [0.3, 0.4) is 0 Å². The zero-order chi connectivity index (χ0) is 35.1. The van der Waals surface area contributed by atoms with Crippen LogP contribution in [0.15, 0.2) is 158 Å². The second-order valence-electron chi connectivity index (χ2n) is 14.0. The van der Waals surface area contributed by atoms with Gasteiger partial charge >= 0.3 is 0 Å². The van der Waals surface area contributed by atoms with Crippen LogP contribution in [0, 0.1) is 0 Å². The monoisotopic (exact) mass is 726 g/mol. The molecule has 6 aromatic carbocycles. The van der Waals surface area contributed by atoms with Gasteiger partial charge in [0.1, 0.15) is 0 Å². The lowest BCUT2D eigenvalue weighted by molar-refractivity contribution is 1.09. The number of benzene rings is 6. The first-order valence-corrected chi connectivity index (χ1v) is 19.6. The minimum Gasteiger partial charge on any atom is -0.321 e. The Balaban J connectivity index is 1.03. The van der Waals surface area contributed by atoms with E-state index in [0.717, 1.165) is 43.4 Å². The largest absolute Gasteiger partial charge is 0.321 e. The first-order valence-electron chi connectivity index (χ1n) is 18.0. The van der Waals surface area contributed by atoms with Gasteiger partial charge in [-0.2, -0.15) is 0 Å². The van der Waals surface area contributed by atoms with E-state index in [-0.39, 0.29) is 0 Å². The standard InChI is InChI=1S/C46H26N6S2/c1-2-12-28-27(11-1)31-23-49(39-19-9-21-41-43(39)53-45-47-35-15-5-7-17-37(35)51(41)45)25-33(31)29-13-3-4-14-30(29)34-26-50(24-32(28)34)40-20-10-22-42-44(40)54-46-48-36-16-6-8-18-38(36)52(42)46/h1-26H. The summed E-state index contributed by atoms with van der Waals surface area (Å²) in [7, 11) is 0. The van der Waals surface area contributed by atoms with Gasteiger partial charge in [-0.1, -0.05) is 108 Å². The molecule has 1 aliphatic rings. The summed E-state index contributed by atoms with van der Waals surface area (Å²) in [5, 5.41) is 0. The van der Waals surface area contributed by atoms with Crippen LogP contribution < -0.4 is 0 Å². The van der Waals surface area contributed by atoms with E-state index < -0.39 is 0 Å². The first-order chi connectivity index (χ1) is 26.8. The molecule has 54 heavy (non-hydrogen) atoms. The second-order valence-corrected chi connectivity index (χ2v) is 15.9. The summed E-state index contributed by atoms with van der Waals surface area (Å²) in [6.45, 7) is 0. The van der Waals surface area contributed by atoms with Crippen LogP contribution in [0.5, 0.6) is 0 Å². The molecule has 0 aliphatic heterocycles. The molecular weight excluding hydrogens is 701 g/mol. The molecule has 13 rings (SSSR count). The van der Waals surface area contributed by atoms with Crippen molar-refractivity contribution in [3.8, 4) is 55.9 Å². The highest BCUT2D eigenvalue weighted by atomic mass is 32.1. The summed E-state index contributed by atoms with van der Waals surface area (Å²) < 4.78 is 11.7. The van der Waals surface area contributed by atoms with Crippen molar-refractivity contribution in [1.82, 2.24) is 27.9 Å². The van der Waals surface area contributed by atoms with Crippen LogP contribution in [0.1, 0.15) is 0 Å². The second kappa shape index (κ2) is 10.4. The molecule has 0 atom stereocenters. The Morgan fingerprint density at radius 3 is 1.09 bits per heavy atom. The van der Waals surface area contributed by atoms with E-state index in [1.807, 2.05) is 0 Å². The van der Waals surface area contributed by atoms with Crippen LogP contribution in [-0.2, 0) is 0 Å². The maximum Gasteiger partial charge on any atom is 0.195 e. The van der Waals surface area contributed by atoms with Crippen molar-refractivity contribution < 1.29 is 0 Å². The third kappa shape index (κ3) is 3.77. The van der Waals surface area contributed by atoms with Gasteiger partial charge in [0.05, 0.1) is 53.9 Å². The van der Waals surface area contributed by atoms with Crippen LogP contribution in [0.2, 0.25) is 0 Å². The van der Waals surface area contributed by atoms with Gasteiger partial charge < -0.3 is 9.13 Å². The average Bonchev–Trinajstić information content (AvgIpc) is 4.06. The smallest absolute Gasteiger partial charge is 0.195 e. The van der Waals surface area contributed by atoms with Gasteiger partial charge in [-0.15, -0.1) is 0 Å². The fourth-order valence-electron chi connectivity index (χ4n) is 8.74. The molecule has 0 radical (unpaired) electrons. The van der Waals surface area contributed by atoms with Crippen molar-refractivity contribution in [2.45, 2.75) is 0 Å². The topological polar surface area (TPSA) is 44.5 Å². The maximum absolute atomic E-state index is 4.99. The van der Waals surface area contributed by atoms with E-state index in [9.17, 15) is 0 Å². The number of para-hydroxylation sites is 4. The number of imidazole rings is 2. The first kappa shape index (κ1) is 28.8. The summed E-state index contributed by atoms with van der Waals surface area (Å²) in [5.74, 6) is 0. The van der Waals surface area contributed by atoms with Gasteiger partial charge in [0.15, 0.2) is 9.92 Å². The molecule has 0 saturated carbocycles. The predicted octanol–water partition coefficient (Wildman–Crippen LogP) is 12.3. The van der Waals surface area contributed by atoms with Crippen LogP contribution in [0.25, 0.3) is 108 Å². The van der Waals surface area contributed by atoms with Crippen LogP contribution >= 0.6 is 22.7 Å². The third-order valence-corrected chi connectivity index (χ3v) is 13.3. The van der Waals surface area contributed by atoms with E-state index in [2.05, 4.69) is 176 Å². The van der Waals surface area contributed by atoms with E-state index in [1.165, 1.54) is 64.9 Å². The summed E-state index contributed by atoms with van der Waals surface area (Å²) in [6, 6.07) is 47.8. The molecule has 6 nitrogen and oxygen atoms in total. The van der Waals surface area contributed by atoms with Crippen molar-refractivity contribution in [1.29, 1.82) is 0 Å². The average molecular weight is 727 g/mol. The van der Waals surface area contributed by atoms with Gasteiger partial charge in [0.2, 0.25) is 0 Å². The van der Waals surface area contributed by atoms with Crippen LogP contribution in [-0.4, -0.2) is 27.9 Å². The molecule has 0 N–H and O–H groups in total. The van der Waals surface area contributed by atoms with Crippen molar-refractivity contribution >= 4 is 75.1 Å². The van der Waals surface area contributed by atoms with Gasteiger partial charge in [0, 0.05) is 47.0 Å². The molecular formula is C46H26N6S2. The Morgan fingerprint density at radius 1 is 0.333 bits per heavy atom. The Kier molecular flexibility index (Phi) is 5.57. The highest BCUT2D eigenvalue weighted by molar-refractivity contribution is 7.24. The minimum atomic E-state index is 1.01. The zero-order valence-corrected chi connectivity index (χ0v) is 30.1. The SMILES string of the molecule is c1ccc2c(c1)-c1cn(-c3cccc4c3sc3nc5ccccc5n34)cc1-c1ccccc1-c1cn(-c3cccc4c3sc3nc5ccccc5n34)cc1-2. The van der Waals surface area contributed by atoms with Gasteiger partial charge in [-0.3, -0.25) is 8.80 Å². The van der Waals surface area contributed by atoms with Crippen molar-refractivity contribution in [3.05, 3.63) is 158 Å². The lowest BCUT2D eigenvalue weighted by Crippen LogP contribution is -1.92. The van der Waals surface area contributed by atoms with Crippen molar-refractivity contribution in [3.63, 3.8) is 0 Å². The molecule has 0 bridgehead atoms. The number of aromatic nitrogens is 6. The molecule has 0 unspecified atom stereocenters. The highest BCUT2D eigenvalue weighted by Crippen LogP contribution is 2.50. The Hall–Kier alpha value is -6.74. The van der Waals surface area contributed by atoms with Crippen molar-refractivity contribution in [2.75, 3.05) is 0 Å². The van der Waals surface area contributed by atoms with Crippen LogP contribution in [0.4, 0.5) is 0 Å². The Morgan fingerprint density at radius 2 is 0.685 bits per heavy atom. The predicted molar refractivity (Wildman–Crippen MR) is 224 cm³/mol. The Labute approximate surface area is 315 Å². The number of thiazole rings is 2. The molecule has 1 aliphatic carbocycles. The van der Waals surface area contributed by atoms with Gasteiger partial charge in [-0.25, -0.2) is 9.97 Å². The van der Waals surface area contributed by atoms with E-state index in [1.54, 1.807) is 22.7 Å². The van der Waals surface area contributed by atoms with Gasteiger partial charge in [-0.05, 0) is 70.8 Å². The molecule has 6 heterocycles.